The molecule has 1 saturated heterocycles. The van der Waals surface area contributed by atoms with Crippen LogP contribution < -0.4 is 0 Å². The Morgan fingerprint density at radius 2 is 1.48 bits per heavy atom. The fraction of sp³-hybridized carbons (Fsp3) is 1.00. The van der Waals surface area contributed by atoms with Crippen LogP contribution in [0.5, 0.6) is 0 Å². The van der Waals surface area contributed by atoms with Gasteiger partial charge in [-0.1, -0.05) is 64.4 Å². The van der Waals surface area contributed by atoms with Gasteiger partial charge in [-0.2, -0.15) is 0 Å². The molecule has 6 aliphatic rings. The first-order valence-corrected chi connectivity index (χ1v) is 15.1. The minimum Gasteiger partial charge on any atom is -0.392 e. The predicted octanol–water partition coefficient (Wildman–Crippen LogP) is 7.61. The van der Waals surface area contributed by atoms with Gasteiger partial charge in [0.25, 0.3) is 0 Å². The predicted molar refractivity (Wildman–Crippen MR) is 138 cm³/mol. The van der Waals surface area contributed by atoms with Crippen molar-refractivity contribution in [2.24, 2.45) is 56.2 Å². The number of alkyl halides is 1. The summed E-state index contributed by atoms with van der Waals surface area (Å²) < 4.78 is 6.71. The summed E-state index contributed by atoms with van der Waals surface area (Å²) in [5.74, 6) is 3.00. The Morgan fingerprint density at radius 3 is 2.21 bits per heavy atom. The number of rotatable bonds is 0. The first kappa shape index (κ1) is 23.8. The molecule has 0 spiro atoms. The van der Waals surface area contributed by atoms with Gasteiger partial charge in [-0.3, -0.25) is 0 Å². The van der Waals surface area contributed by atoms with E-state index in [4.69, 9.17) is 4.74 Å². The Balaban J connectivity index is 1.40. The van der Waals surface area contributed by atoms with Gasteiger partial charge in [0.05, 0.1) is 18.8 Å². The SMILES string of the molecule is CC1(C)CC[C@]23CC[C@]4(C)[C@H](CC[C@H]5[C@@]6(C)C[C@H](O)[C@@H](Br)C(C)(C)[C@@H]6CC[C@]54C)[C@@H]2[C@@H]1OC3. The molecule has 6 fully saturated rings. The molecule has 0 aromatic carbocycles. The summed E-state index contributed by atoms with van der Waals surface area (Å²) in [6.45, 7) is 18.9. The summed E-state index contributed by atoms with van der Waals surface area (Å²) >= 11 is 3.93. The average molecular weight is 522 g/mol. The molecule has 11 atom stereocenters. The molecule has 6 rings (SSSR count). The maximum atomic E-state index is 11.2. The zero-order chi connectivity index (χ0) is 23.8. The largest absolute Gasteiger partial charge is 0.392 e. The first-order valence-electron chi connectivity index (χ1n) is 14.2. The van der Waals surface area contributed by atoms with Gasteiger partial charge in [0.2, 0.25) is 0 Å². The third-order valence-corrected chi connectivity index (χ3v) is 15.8. The van der Waals surface area contributed by atoms with Crippen LogP contribution in [0.1, 0.15) is 106 Å². The van der Waals surface area contributed by atoms with Crippen LogP contribution in [-0.2, 0) is 4.74 Å². The van der Waals surface area contributed by atoms with Gasteiger partial charge in [-0.05, 0) is 114 Å². The second-order valence-corrected chi connectivity index (χ2v) is 16.8. The Bertz CT molecular complexity index is 837. The fourth-order valence-corrected chi connectivity index (χ4v) is 12.6. The van der Waals surface area contributed by atoms with Crippen molar-refractivity contribution in [1.29, 1.82) is 0 Å². The van der Waals surface area contributed by atoms with Gasteiger partial charge >= 0.3 is 0 Å². The minimum absolute atomic E-state index is 0.141. The van der Waals surface area contributed by atoms with Crippen molar-refractivity contribution < 1.29 is 9.84 Å². The summed E-state index contributed by atoms with van der Waals surface area (Å²) in [5.41, 5.74) is 1.96. The summed E-state index contributed by atoms with van der Waals surface area (Å²) in [5, 5.41) is 11.2. The highest BCUT2D eigenvalue weighted by Crippen LogP contribution is 2.78. The van der Waals surface area contributed by atoms with Crippen LogP contribution in [0.15, 0.2) is 0 Å². The lowest BCUT2D eigenvalue weighted by molar-refractivity contribution is -0.248. The smallest absolute Gasteiger partial charge is 0.0675 e. The van der Waals surface area contributed by atoms with E-state index in [-0.39, 0.29) is 21.8 Å². The number of aliphatic hydroxyl groups excluding tert-OH is 1. The zero-order valence-electron chi connectivity index (χ0n) is 22.3. The highest BCUT2D eigenvalue weighted by Gasteiger charge is 2.73. The van der Waals surface area contributed by atoms with Gasteiger partial charge in [0.1, 0.15) is 0 Å². The third kappa shape index (κ3) is 2.70. The van der Waals surface area contributed by atoms with Gasteiger partial charge in [-0.15, -0.1) is 0 Å². The molecule has 0 unspecified atom stereocenters. The standard InChI is InChI=1S/C30H49BrO2/c1-25(2)12-14-30-15-13-28(6)18(22(30)24(25)33-17-30)8-9-21-27(5)16-19(32)23(31)26(3,4)20(27)10-11-29(21,28)7/h18-24,32H,8-17H2,1-7H3/t18-,19+,20+,21+,22-,23-,24+,27+,28-,29-,30-/m1/s1. The molecule has 5 aliphatic carbocycles. The Labute approximate surface area is 211 Å². The van der Waals surface area contributed by atoms with Crippen molar-refractivity contribution in [2.45, 2.75) is 123 Å². The fourth-order valence-electron chi connectivity index (χ4n) is 12.1. The summed E-state index contributed by atoms with van der Waals surface area (Å²) in [4.78, 5) is 0.214. The molecule has 2 bridgehead atoms. The van der Waals surface area contributed by atoms with E-state index in [9.17, 15) is 5.11 Å². The molecule has 1 heterocycles. The van der Waals surface area contributed by atoms with E-state index in [1.54, 1.807) is 0 Å². The van der Waals surface area contributed by atoms with Crippen LogP contribution in [0, 0.1) is 56.2 Å². The zero-order valence-corrected chi connectivity index (χ0v) is 23.9. The van der Waals surface area contributed by atoms with Crippen molar-refractivity contribution in [3.63, 3.8) is 0 Å². The molecule has 5 saturated carbocycles. The van der Waals surface area contributed by atoms with E-state index in [0.29, 0.717) is 33.7 Å². The van der Waals surface area contributed by atoms with Gasteiger partial charge in [-0.25, -0.2) is 0 Å². The lowest BCUT2D eigenvalue weighted by Crippen LogP contribution is -2.68. The lowest BCUT2D eigenvalue weighted by atomic mass is 9.31. The van der Waals surface area contributed by atoms with Crippen LogP contribution in [0.3, 0.4) is 0 Å². The monoisotopic (exact) mass is 520 g/mol. The number of fused-ring (bicyclic) bond motifs is 5. The van der Waals surface area contributed by atoms with E-state index < -0.39 is 0 Å². The Hall–Kier alpha value is 0.400. The van der Waals surface area contributed by atoms with E-state index in [2.05, 4.69) is 64.4 Å². The third-order valence-electron chi connectivity index (χ3n) is 14.0. The topological polar surface area (TPSA) is 29.5 Å². The number of halogens is 1. The molecule has 2 nitrogen and oxygen atoms in total. The first-order chi connectivity index (χ1) is 15.2. The molecule has 3 heteroatoms. The highest BCUT2D eigenvalue weighted by molar-refractivity contribution is 9.09. The highest BCUT2D eigenvalue weighted by atomic mass is 79.9. The number of hydrogen-bond acceptors (Lipinski definition) is 2. The van der Waals surface area contributed by atoms with Crippen LogP contribution in [-0.4, -0.2) is 28.7 Å². The minimum atomic E-state index is -0.229. The molecular formula is C30H49BrO2. The van der Waals surface area contributed by atoms with E-state index in [1.807, 2.05) is 0 Å². The molecule has 0 aromatic heterocycles. The van der Waals surface area contributed by atoms with Crippen molar-refractivity contribution in [2.75, 3.05) is 6.61 Å². The van der Waals surface area contributed by atoms with E-state index >= 15 is 0 Å². The van der Waals surface area contributed by atoms with Crippen molar-refractivity contribution in [1.82, 2.24) is 0 Å². The Morgan fingerprint density at radius 1 is 0.788 bits per heavy atom. The maximum Gasteiger partial charge on any atom is 0.0675 e. The molecule has 1 aliphatic heterocycles. The van der Waals surface area contributed by atoms with Crippen molar-refractivity contribution in [3.05, 3.63) is 0 Å². The summed E-state index contributed by atoms with van der Waals surface area (Å²) in [6, 6.07) is 0. The van der Waals surface area contributed by atoms with Crippen LogP contribution >= 0.6 is 15.9 Å². The van der Waals surface area contributed by atoms with Crippen LogP contribution in [0.25, 0.3) is 0 Å². The second-order valence-electron chi connectivity index (χ2n) is 15.8. The lowest BCUT2D eigenvalue weighted by Gasteiger charge is -2.73. The van der Waals surface area contributed by atoms with Gasteiger partial charge < -0.3 is 9.84 Å². The van der Waals surface area contributed by atoms with Crippen molar-refractivity contribution in [3.8, 4) is 0 Å². The summed E-state index contributed by atoms with van der Waals surface area (Å²) in [6.07, 6.45) is 12.2. The Kier molecular flexibility index (Phi) is 4.92. The van der Waals surface area contributed by atoms with Crippen LogP contribution in [0.4, 0.5) is 0 Å². The second kappa shape index (κ2) is 6.83. The van der Waals surface area contributed by atoms with Gasteiger partial charge in [0.15, 0.2) is 0 Å². The molecule has 0 aromatic rings. The summed E-state index contributed by atoms with van der Waals surface area (Å²) in [7, 11) is 0. The van der Waals surface area contributed by atoms with E-state index in [1.165, 1.54) is 51.4 Å². The average Bonchev–Trinajstić information content (AvgIpc) is 3.06. The number of hydrogen-bond donors (Lipinski definition) is 1. The van der Waals surface area contributed by atoms with Crippen molar-refractivity contribution >= 4 is 15.9 Å². The van der Waals surface area contributed by atoms with E-state index in [0.717, 1.165) is 30.8 Å². The number of ether oxygens (including phenoxy) is 1. The normalized spacial score (nSPS) is 60.8. The molecule has 0 amide bonds. The van der Waals surface area contributed by atoms with Crippen LogP contribution in [0.2, 0.25) is 0 Å². The molecule has 1 N–H and O–H groups in total. The molecule has 33 heavy (non-hydrogen) atoms. The quantitative estimate of drug-likeness (QED) is 0.333. The maximum absolute atomic E-state index is 11.2. The molecular weight excluding hydrogens is 472 g/mol. The number of aliphatic hydroxyl groups is 1. The molecule has 188 valence electrons. The van der Waals surface area contributed by atoms with Gasteiger partial charge in [0, 0.05) is 4.83 Å². The molecule has 0 radical (unpaired) electrons.